The molecule has 1 heterocycles. The van der Waals surface area contributed by atoms with Gasteiger partial charge in [-0.2, -0.15) is 0 Å². The highest BCUT2D eigenvalue weighted by atomic mass is 32.1. The van der Waals surface area contributed by atoms with Crippen LogP contribution in [-0.2, 0) is 0 Å². The minimum atomic E-state index is -0.520. The third-order valence-corrected chi connectivity index (χ3v) is 3.29. The fourth-order valence-electron chi connectivity index (χ4n) is 1.16. The van der Waals surface area contributed by atoms with Crippen LogP contribution in [0, 0.1) is 16.0 Å². The molecule has 0 aromatic carbocycles. The largest absolute Gasteiger partial charge is 0.479 e. The maximum absolute atomic E-state index is 11.1. The monoisotopic (exact) mass is 257 g/mol. The number of thiophene rings is 1. The molecule has 0 aliphatic rings. The van der Waals surface area contributed by atoms with Crippen LogP contribution in [0.5, 0.6) is 5.06 Å². The van der Waals surface area contributed by atoms with Gasteiger partial charge < -0.3 is 4.74 Å². The lowest BCUT2D eigenvalue weighted by Crippen LogP contribution is -2.01. The highest BCUT2D eigenvalue weighted by molar-refractivity contribution is 7.16. The van der Waals surface area contributed by atoms with Crippen molar-refractivity contribution in [2.45, 2.75) is 27.2 Å². The zero-order valence-electron chi connectivity index (χ0n) is 10.1. The molecule has 1 aromatic rings. The van der Waals surface area contributed by atoms with Crippen LogP contribution in [0.1, 0.15) is 36.9 Å². The molecule has 1 rings (SSSR count). The van der Waals surface area contributed by atoms with Crippen molar-refractivity contribution in [2.75, 3.05) is 6.61 Å². The molecule has 17 heavy (non-hydrogen) atoms. The van der Waals surface area contributed by atoms with E-state index in [0.717, 1.165) is 17.8 Å². The molecule has 94 valence electrons. The normalized spacial score (nSPS) is 10.6. The first-order chi connectivity index (χ1) is 7.91. The van der Waals surface area contributed by atoms with E-state index in [1.165, 1.54) is 13.0 Å². The predicted molar refractivity (Wildman–Crippen MR) is 65.9 cm³/mol. The Balaban J connectivity index is 2.81. The molecule has 0 aliphatic carbocycles. The van der Waals surface area contributed by atoms with E-state index in [2.05, 4.69) is 0 Å². The summed E-state index contributed by atoms with van der Waals surface area (Å²) in [5.74, 6) is 0.290. The lowest BCUT2D eigenvalue weighted by molar-refractivity contribution is -0.385. The smallest absolute Gasteiger partial charge is 0.323 e. The number of ketones is 1. The molecule has 0 bridgehead atoms. The van der Waals surface area contributed by atoms with Crippen LogP contribution in [0.3, 0.4) is 0 Å². The number of hydrogen-bond acceptors (Lipinski definition) is 5. The first-order valence-corrected chi connectivity index (χ1v) is 6.15. The maximum Gasteiger partial charge on any atom is 0.323 e. The summed E-state index contributed by atoms with van der Waals surface area (Å²) in [7, 11) is 0. The van der Waals surface area contributed by atoms with Crippen LogP contribution in [-0.4, -0.2) is 17.3 Å². The Kier molecular flexibility index (Phi) is 4.62. The molecule has 0 spiro atoms. The molecule has 0 saturated carbocycles. The number of Topliss-reactive ketones (excluding diaryl/α,β-unsaturated/α-hetero) is 1. The van der Waals surface area contributed by atoms with Crippen molar-refractivity contribution in [3.63, 3.8) is 0 Å². The molecule has 0 N–H and O–H groups in total. The number of rotatable bonds is 6. The molecule has 0 atom stereocenters. The Morgan fingerprint density at radius 1 is 1.59 bits per heavy atom. The second-order valence-electron chi connectivity index (χ2n) is 4.13. The molecule has 5 nitrogen and oxygen atoms in total. The van der Waals surface area contributed by atoms with Crippen LogP contribution in [0.25, 0.3) is 0 Å². The molecular formula is C11H15NO4S. The van der Waals surface area contributed by atoms with Crippen molar-refractivity contribution in [1.29, 1.82) is 0 Å². The first-order valence-electron chi connectivity index (χ1n) is 5.33. The van der Waals surface area contributed by atoms with Gasteiger partial charge in [-0.05, 0) is 19.3 Å². The highest BCUT2D eigenvalue weighted by Crippen LogP contribution is 2.37. The van der Waals surface area contributed by atoms with E-state index in [1.807, 2.05) is 13.8 Å². The average Bonchev–Trinajstić information content (AvgIpc) is 2.61. The van der Waals surface area contributed by atoms with Crippen LogP contribution < -0.4 is 4.74 Å². The number of nitrogens with zero attached hydrogens (tertiary/aromatic N) is 1. The third kappa shape index (κ3) is 3.81. The molecular weight excluding hydrogens is 242 g/mol. The van der Waals surface area contributed by atoms with E-state index in [9.17, 15) is 14.9 Å². The molecule has 0 radical (unpaired) electrons. The van der Waals surface area contributed by atoms with Gasteiger partial charge in [0, 0.05) is 6.07 Å². The average molecular weight is 257 g/mol. The quantitative estimate of drug-likeness (QED) is 0.445. The van der Waals surface area contributed by atoms with E-state index < -0.39 is 4.92 Å². The summed E-state index contributed by atoms with van der Waals surface area (Å²) in [6, 6.07) is 1.28. The van der Waals surface area contributed by atoms with Gasteiger partial charge in [-0.1, -0.05) is 25.2 Å². The zero-order valence-corrected chi connectivity index (χ0v) is 10.9. The summed E-state index contributed by atoms with van der Waals surface area (Å²) in [6.07, 6.45) is 0.824. The van der Waals surface area contributed by atoms with Crippen molar-refractivity contribution in [3.05, 3.63) is 21.1 Å². The van der Waals surface area contributed by atoms with Gasteiger partial charge in [-0.3, -0.25) is 14.9 Å². The summed E-state index contributed by atoms with van der Waals surface area (Å²) >= 11 is 1.03. The van der Waals surface area contributed by atoms with Gasteiger partial charge in [0.1, 0.15) is 0 Å². The standard InChI is InChI=1S/C11H15NO4S/c1-7(2)4-5-16-11-9(12(14)15)6-10(17-11)8(3)13/h6-7H,4-5H2,1-3H3. The molecule has 0 saturated heterocycles. The second-order valence-corrected chi connectivity index (χ2v) is 5.14. The third-order valence-electron chi connectivity index (χ3n) is 2.15. The van der Waals surface area contributed by atoms with Crippen molar-refractivity contribution in [2.24, 2.45) is 5.92 Å². The summed E-state index contributed by atoms with van der Waals surface area (Å²) < 4.78 is 5.36. The highest BCUT2D eigenvalue weighted by Gasteiger charge is 2.22. The SMILES string of the molecule is CC(=O)c1cc([N+](=O)[O-])c(OCCC(C)C)s1. The maximum atomic E-state index is 11.1. The Labute approximate surface area is 104 Å². The fraction of sp³-hybridized carbons (Fsp3) is 0.545. The molecule has 1 aromatic heterocycles. The van der Waals surface area contributed by atoms with Crippen LogP contribution in [0.2, 0.25) is 0 Å². The second kappa shape index (κ2) is 5.77. The number of carbonyl (C=O) groups is 1. The number of nitro groups is 1. The summed E-state index contributed by atoms with van der Waals surface area (Å²) in [5, 5.41) is 11.0. The van der Waals surface area contributed by atoms with Crippen LogP contribution >= 0.6 is 11.3 Å². The van der Waals surface area contributed by atoms with E-state index in [1.54, 1.807) is 0 Å². The van der Waals surface area contributed by atoms with Crippen molar-refractivity contribution in [3.8, 4) is 5.06 Å². The van der Waals surface area contributed by atoms with E-state index in [-0.39, 0.29) is 16.5 Å². The van der Waals surface area contributed by atoms with Gasteiger partial charge >= 0.3 is 5.69 Å². The van der Waals surface area contributed by atoms with E-state index >= 15 is 0 Å². The van der Waals surface area contributed by atoms with Crippen LogP contribution in [0.15, 0.2) is 6.07 Å². The summed E-state index contributed by atoms with van der Waals surface area (Å²) in [5.41, 5.74) is -0.121. The Morgan fingerprint density at radius 3 is 2.71 bits per heavy atom. The minimum absolute atomic E-state index is 0.121. The summed E-state index contributed by atoms with van der Waals surface area (Å²) in [6.45, 7) is 5.91. The zero-order chi connectivity index (χ0) is 13.0. The van der Waals surface area contributed by atoms with E-state index in [4.69, 9.17) is 4.74 Å². The van der Waals surface area contributed by atoms with Crippen molar-refractivity contribution in [1.82, 2.24) is 0 Å². The number of carbonyl (C=O) groups excluding carboxylic acids is 1. The van der Waals surface area contributed by atoms with Gasteiger partial charge in [0.25, 0.3) is 5.06 Å². The molecule has 0 unspecified atom stereocenters. The first kappa shape index (κ1) is 13.6. The Hall–Kier alpha value is -1.43. The van der Waals surface area contributed by atoms with E-state index in [0.29, 0.717) is 17.4 Å². The Bertz CT molecular complexity index is 425. The molecule has 6 heteroatoms. The van der Waals surface area contributed by atoms with Gasteiger partial charge in [0.15, 0.2) is 5.78 Å². The lowest BCUT2D eigenvalue weighted by Gasteiger charge is -2.05. The predicted octanol–water partition coefficient (Wildman–Crippen LogP) is 3.28. The fourth-order valence-corrected chi connectivity index (χ4v) is 2.05. The van der Waals surface area contributed by atoms with Gasteiger partial charge in [-0.25, -0.2) is 0 Å². The van der Waals surface area contributed by atoms with Gasteiger partial charge in [0.05, 0.1) is 16.4 Å². The number of ether oxygens (including phenoxy) is 1. The molecule has 0 fully saturated rings. The van der Waals surface area contributed by atoms with Crippen molar-refractivity contribution < 1.29 is 14.5 Å². The minimum Gasteiger partial charge on any atom is -0.479 e. The van der Waals surface area contributed by atoms with Crippen molar-refractivity contribution >= 4 is 22.8 Å². The lowest BCUT2D eigenvalue weighted by atomic mass is 10.1. The molecule has 0 amide bonds. The van der Waals surface area contributed by atoms with Crippen LogP contribution in [0.4, 0.5) is 5.69 Å². The topological polar surface area (TPSA) is 69.4 Å². The summed E-state index contributed by atoms with van der Waals surface area (Å²) in [4.78, 5) is 21.8. The van der Waals surface area contributed by atoms with Gasteiger partial charge in [-0.15, -0.1) is 0 Å². The number of hydrogen-bond donors (Lipinski definition) is 0. The van der Waals surface area contributed by atoms with Gasteiger partial charge in [0.2, 0.25) is 0 Å². The molecule has 0 aliphatic heterocycles. The Morgan fingerprint density at radius 2 is 2.24 bits per heavy atom.